The average Bonchev–Trinajstić information content (AvgIpc) is 2.40. The molecule has 1 aromatic carbocycles. The summed E-state index contributed by atoms with van der Waals surface area (Å²) in [5.74, 6) is -0.179. The molecule has 1 heterocycles. The normalized spacial score (nSPS) is 12.2. The number of benzene rings is 1. The summed E-state index contributed by atoms with van der Waals surface area (Å²) in [6.07, 6.45) is 0.458. The Morgan fingerprint density at radius 1 is 1.33 bits per heavy atom. The second-order valence-corrected chi connectivity index (χ2v) is 4.08. The van der Waals surface area contributed by atoms with Crippen molar-refractivity contribution in [3.8, 4) is 5.88 Å². The first-order valence-electron chi connectivity index (χ1n) is 5.25. The lowest BCUT2D eigenvalue weighted by Crippen LogP contribution is -2.04. The van der Waals surface area contributed by atoms with E-state index in [1.54, 1.807) is 18.3 Å². The maximum absolute atomic E-state index is 13.2. The molecule has 1 unspecified atom stereocenters. The second kappa shape index (κ2) is 5.33. The maximum atomic E-state index is 13.2. The van der Waals surface area contributed by atoms with Crippen LogP contribution in [-0.2, 0) is 0 Å². The van der Waals surface area contributed by atoms with Crippen LogP contribution in [0.3, 0.4) is 0 Å². The van der Waals surface area contributed by atoms with Crippen LogP contribution in [0.1, 0.15) is 17.2 Å². The van der Waals surface area contributed by atoms with Gasteiger partial charge in [-0.3, -0.25) is 0 Å². The van der Waals surface area contributed by atoms with Crippen LogP contribution in [-0.4, -0.2) is 17.2 Å². The number of ether oxygens (including phenoxy) is 1. The predicted octanol–water partition coefficient (Wildman–Crippen LogP) is 2.96. The summed E-state index contributed by atoms with van der Waals surface area (Å²) in [7, 11) is 1.45. The molecule has 0 aliphatic heterocycles. The third-order valence-electron chi connectivity index (χ3n) is 2.54. The zero-order valence-electron chi connectivity index (χ0n) is 9.60. The smallest absolute Gasteiger partial charge is 0.219 e. The largest absolute Gasteiger partial charge is 0.481 e. The Morgan fingerprint density at radius 2 is 2.11 bits per heavy atom. The molecule has 3 nitrogen and oxygen atoms in total. The lowest BCUT2D eigenvalue weighted by Gasteiger charge is -2.15. The molecule has 0 radical (unpaired) electrons. The Morgan fingerprint density at radius 3 is 2.83 bits per heavy atom. The number of nitrogens with zero attached hydrogens (tertiary/aromatic N) is 1. The van der Waals surface area contributed by atoms with Gasteiger partial charge in [0.2, 0.25) is 5.88 Å². The lowest BCUT2D eigenvalue weighted by molar-refractivity contribution is 0.213. The van der Waals surface area contributed by atoms with Gasteiger partial charge in [0.1, 0.15) is 11.9 Å². The predicted molar refractivity (Wildman–Crippen MR) is 66.3 cm³/mol. The van der Waals surface area contributed by atoms with E-state index >= 15 is 0 Å². The molecule has 5 heteroatoms. The first kappa shape index (κ1) is 12.8. The van der Waals surface area contributed by atoms with Crippen molar-refractivity contribution in [1.82, 2.24) is 4.98 Å². The van der Waals surface area contributed by atoms with Gasteiger partial charge in [-0.05, 0) is 30.3 Å². The molecule has 1 atom stereocenters. The Kier molecular flexibility index (Phi) is 3.79. The fourth-order valence-corrected chi connectivity index (χ4v) is 1.89. The van der Waals surface area contributed by atoms with E-state index in [9.17, 15) is 9.50 Å². The number of halogens is 2. The van der Waals surface area contributed by atoms with Crippen molar-refractivity contribution in [2.75, 3.05) is 7.11 Å². The summed E-state index contributed by atoms with van der Waals surface area (Å²) in [5, 5.41) is 10.5. The molecule has 18 heavy (non-hydrogen) atoms. The van der Waals surface area contributed by atoms with Crippen LogP contribution in [0.25, 0.3) is 0 Å². The molecule has 2 rings (SSSR count). The molecule has 0 saturated heterocycles. The topological polar surface area (TPSA) is 42.4 Å². The number of aliphatic hydroxyl groups is 1. The molecule has 1 aromatic heterocycles. The van der Waals surface area contributed by atoms with Crippen molar-refractivity contribution >= 4 is 11.6 Å². The first-order valence-corrected chi connectivity index (χ1v) is 5.63. The standard InChI is InChI=1S/C13H11ClFNO2/c1-18-13-9(3-2-6-16-13)12(17)10-7-8(15)4-5-11(10)14/h2-7,12,17H,1H3. The number of hydrogen-bond donors (Lipinski definition) is 1. The highest BCUT2D eigenvalue weighted by atomic mass is 35.5. The van der Waals surface area contributed by atoms with Gasteiger partial charge in [0, 0.05) is 22.3 Å². The Bertz CT molecular complexity index is 562. The van der Waals surface area contributed by atoms with E-state index in [1.807, 2.05) is 0 Å². The second-order valence-electron chi connectivity index (χ2n) is 3.67. The van der Waals surface area contributed by atoms with E-state index in [0.29, 0.717) is 5.56 Å². The minimum atomic E-state index is -1.09. The Hall–Kier alpha value is -1.65. The average molecular weight is 268 g/mol. The Balaban J connectivity index is 2.47. The summed E-state index contributed by atoms with van der Waals surface area (Å²) in [4.78, 5) is 3.98. The van der Waals surface area contributed by atoms with Crippen LogP contribution in [0.2, 0.25) is 5.02 Å². The SMILES string of the molecule is COc1ncccc1C(O)c1cc(F)ccc1Cl. The lowest BCUT2D eigenvalue weighted by atomic mass is 10.0. The molecule has 0 fully saturated rings. The molecule has 0 amide bonds. The van der Waals surface area contributed by atoms with Crippen molar-refractivity contribution < 1.29 is 14.2 Å². The third-order valence-corrected chi connectivity index (χ3v) is 2.89. The summed E-state index contributed by atoms with van der Waals surface area (Å²) in [5.41, 5.74) is 0.718. The fourth-order valence-electron chi connectivity index (χ4n) is 1.67. The van der Waals surface area contributed by atoms with Crippen molar-refractivity contribution in [3.05, 3.63) is 58.5 Å². The van der Waals surface area contributed by atoms with E-state index in [1.165, 1.54) is 25.3 Å². The number of hydrogen-bond acceptors (Lipinski definition) is 3. The van der Waals surface area contributed by atoms with Gasteiger partial charge in [-0.25, -0.2) is 9.37 Å². The van der Waals surface area contributed by atoms with Crippen LogP contribution in [0.15, 0.2) is 36.5 Å². The van der Waals surface area contributed by atoms with Crippen molar-refractivity contribution in [2.45, 2.75) is 6.10 Å². The highest BCUT2D eigenvalue weighted by Gasteiger charge is 2.19. The van der Waals surface area contributed by atoms with Gasteiger partial charge in [0.25, 0.3) is 0 Å². The van der Waals surface area contributed by atoms with Gasteiger partial charge < -0.3 is 9.84 Å². The minimum Gasteiger partial charge on any atom is -0.481 e. The van der Waals surface area contributed by atoms with Crippen LogP contribution in [0.5, 0.6) is 5.88 Å². The molecule has 0 aliphatic rings. The maximum Gasteiger partial charge on any atom is 0.219 e. The highest BCUT2D eigenvalue weighted by Crippen LogP contribution is 2.32. The van der Waals surface area contributed by atoms with E-state index in [2.05, 4.69) is 4.98 Å². The summed E-state index contributed by atoms with van der Waals surface area (Å²) < 4.78 is 18.2. The first-order chi connectivity index (χ1) is 8.63. The molecule has 94 valence electrons. The molecule has 2 aromatic rings. The van der Waals surface area contributed by atoms with Gasteiger partial charge >= 0.3 is 0 Å². The minimum absolute atomic E-state index is 0.281. The van der Waals surface area contributed by atoms with Crippen molar-refractivity contribution in [1.29, 1.82) is 0 Å². The third kappa shape index (κ3) is 2.44. The quantitative estimate of drug-likeness (QED) is 0.930. The van der Waals surface area contributed by atoms with E-state index in [-0.39, 0.29) is 16.5 Å². The fraction of sp³-hybridized carbons (Fsp3) is 0.154. The van der Waals surface area contributed by atoms with Gasteiger partial charge in [-0.15, -0.1) is 0 Å². The van der Waals surface area contributed by atoms with Crippen LogP contribution in [0.4, 0.5) is 4.39 Å². The van der Waals surface area contributed by atoms with Crippen molar-refractivity contribution in [2.24, 2.45) is 0 Å². The van der Waals surface area contributed by atoms with Crippen LogP contribution >= 0.6 is 11.6 Å². The molecule has 0 bridgehead atoms. The van der Waals surface area contributed by atoms with Crippen LogP contribution < -0.4 is 4.74 Å². The summed E-state index contributed by atoms with van der Waals surface area (Å²) >= 11 is 5.95. The molecule has 0 saturated carbocycles. The summed E-state index contributed by atoms with van der Waals surface area (Å²) in [6.45, 7) is 0. The van der Waals surface area contributed by atoms with E-state index in [4.69, 9.17) is 16.3 Å². The molecular weight excluding hydrogens is 257 g/mol. The van der Waals surface area contributed by atoms with Gasteiger partial charge in [0.05, 0.1) is 7.11 Å². The molecule has 1 N–H and O–H groups in total. The molecule has 0 spiro atoms. The number of rotatable bonds is 3. The number of methoxy groups -OCH3 is 1. The van der Waals surface area contributed by atoms with E-state index < -0.39 is 11.9 Å². The number of pyridine rings is 1. The van der Waals surface area contributed by atoms with Gasteiger partial charge in [0.15, 0.2) is 0 Å². The van der Waals surface area contributed by atoms with Gasteiger partial charge in [-0.2, -0.15) is 0 Å². The molecule has 0 aliphatic carbocycles. The molecular formula is C13H11ClFNO2. The Labute approximate surface area is 109 Å². The monoisotopic (exact) mass is 267 g/mol. The van der Waals surface area contributed by atoms with Crippen LogP contribution in [0, 0.1) is 5.82 Å². The highest BCUT2D eigenvalue weighted by molar-refractivity contribution is 6.31. The van der Waals surface area contributed by atoms with Gasteiger partial charge in [-0.1, -0.05) is 11.6 Å². The zero-order valence-corrected chi connectivity index (χ0v) is 10.4. The van der Waals surface area contributed by atoms with E-state index in [0.717, 1.165) is 0 Å². The number of aliphatic hydroxyl groups excluding tert-OH is 1. The summed E-state index contributed by atoms with van der Waals surface area (Å²) in [6, 6.07) is 7.14. The van der Waals surface area contributed by atoms with Crippen molar-refractivity contribution in [3.63, 3.8) is 0 Å². The number of aromatic nitrogens is 1. The zero-order chi connectivity index (χ0) is 13.1.